The van der Waals surface area contributed by atoms with E-state index in [1.54, 1.807) is 10.6 Å². The van der Waals surface area contributed by atoms with Gasteiger partial charge in [0.1, 0.15) is 29.9 Å². The van der Waals surface area contributed by atoms with Gasteiger partial charge in [-0.05, 0) is 66.9 Å². The number of ether oxygens (including phenoxy) is 1. The molecule has 5 aromatic rings. The summed E-state index contributed by atoms with van der Waals surface area (Å²) in [6, 6.07) is 11.8. The Morgan fingerprint density at radius 2 is 1.77 bits per heavy atom. The van der Waals surface area contributed by atoms with Crippen LogP contribution in [0.1, 0.15) is 40.2 Å². The van der Waals surface area contributed by atoms with Crippen LogP contribution in [-0.2, 0) is 19.6 Å². The standard InChI is InChI=1S/C31H23ClF4N4O3/c32-20-3-1-18(22(34)12-20)14-43-30-37-8-5-25(39-30)21-13-23(35)19(9-24(21)36)11-28-38-26-4-2-17(29(41)42)10-27(26)40(28)16-31(15-33)6-7-31/h1-5,8-10,12-13H,6-7,11,14-16H2,(H,41,42). The smallest absolute Gasteiger partial charge is 0.335 e. The maximum atomic E-state index is 15.5. The van der Waals surface area contributed by atoms with Gasteiger partial charge in [0.25, 0.3) is 0 Å². The molecule has 12 heteroatoms. The number of fused-ring (bicyclic) bond motifs is 1. The van der Waals surface area contributed by atoms with Crippen LogP contribution >= 0.6 is 11.6 Å². The van der Waals surface area contributed by atoms with Crippen molar-refractivity contribution in [2.45, 2.75) is 32.4 Å². The number of alkyl halides is 1. The summed E-state index contributed by atoms with van der Waals surface area (Å²) >= 11 is 5.77. The highest BCUT2D eigenvalue weighted by Gasteiger charge is 2.44. The lowest BCUT2D eigenvalue weighted by molar-refractivity contribution is 0.0697. The molecule has 0 aliphatic heterocycles. The second-order valence-electron chi connectivity index (χ2n) is 10.6. The summed E-state index contributed by atoms with van der Waals surface area (Å²) in [5.74, 6) is -2.82. The summed E-state index contributed by atoms with van der Waals surface area (Å²) in [5, 5.41) is 9.69. The fourth-order valence-corrected chi connectivity index (χ4v) is 5.05. The molecule has 0 amide bonds. The van der Waals surface area contributed by atoms with Gasteiger partial charge in [-0.25, -0.2) is 27.9 Å². The van der Waals surface area contributed by atoms with Crippen LogP contribution in [-0.4, -0.2) is 37.3 Å². The van der Waals surface area contributed by atoms with Crippen LogP contribution in [0, 0.1) is 22.9 Å². The molecule has 2 heterocycles. The highest BCUT2D eigenvalue weighted by Crippen LogP contribution is 2.48. The van der Waals surface area contributed by atoms with Gasteiger partial charge in [0.05, 0.1) is 29.0 Å². The van der Waals surface area contributed by atoms with Crippen molar-refractivity contribution >= 4 is 28.6 Å². The van der Waals surface area contributed by atoms with E-state index in [2.05, 4.69) is 15.0 Å². The largest absolute Gasteiger partial charge is 0.478 e. The first-order chi connectivity index (χ1) is 20.6. The Morgan fingerprint density at radius 3 is 2.49 bits per heavy atom. The van der Waals surface area contributed by atoms with Gasteiger partial charge in [-0.1, -0.05) is 17.7 Å². The average Bonchev–Trinajstić information content (AvgIpc) is 3.69. The van der Waals surface area contributed by atoms with Crippen molar-refractivity contribution < 1.29 is 32.2 Å². The Bertz CT molecular complexity index is 1880. The fraction of sp³-hybridized carbons (Fsp3) is 0.226. The van der Waals surface area contributed by atoms with E-state index in [9.17, 15) is 18.7 Å². The van der Waals surface area contributed by atoms with Gasteiger partial charge in [-0.2, -0.15) is 4.98 Å². The second kappa shape index (κ2) is 11.3. The van der Waals surface area contributed by atoms with E-state index >= 15 is 8.78 Å². The number of carboxylic acids is 1. The molecule has 2 aromatic heterocycles. The van der Waals surface area contributed by atoms with Gasteiger partial charge in [0.15, 0.2) is 0 Å². The number of benzene rings is 3. The predicted molar refractivity (Wildman–Crippen MR) is 150 cm³/mol. The first-order valence-electron chi connectivity index (χ1n) is 13.3. The van der Waals surface area contributed by atoms with Crippen molar-refractivity contribution in [3.63, 3.8) is 0 Å². The van der Waals surface area contributed by atoms with E-state index in [0.717, 1.165) is 18.2 Å². The molecule has 0 unspecified atom stereocenters. The van der Waals surface area contributed by atoms with E-state index in [4.69, 9.17) is 16.3 Å². The molecule has 0 bridgehead atoms. The zero-order valence-electron chi connectivity index (χ0n) is 22.5. The lowest BCUT2D eigenvalue weighted by Gasteiger charge is -2.16. The molecule has 0 spiro atoms. The summed E-state index contributed by atoms with van der Waals surface area (Å²) in [6.07, 6.45) is 2.52. The number of aromatic carboxylic acids is 1. The number of carboxylic acid groups (broad SMARTS) is 1. The molecular weight excluding hydrogens is 588 g/mol. The van der Waals surface area contributed by atoms with Crippen LogP contribution in [0.4, 0.5) is 17.6 Å². The third-order valence-corrected chi connectivity index (χ3v) is 7.81. The minimum absolute atomic E-state index is 0.00472. The van der Waals surface area contributed by atoms with Crippen LogP contribution in [0.15, 0.2) is 60.8 Å². The number of rotatable bonds is 10. The van der Waals surface area contributed by atoms with Gasteiger partial charge in [-0.15, -0.1) is 0 Å². The third-order valence-electron chi connectivity index (χ3n) is 7.57. The third kappa shape index (κ3) is 5.90. The van der Waals surface area contributed by atoms with Crippen molar-refractivity contribution in [2.24, 2.45) is 5.41 Å². The predicted octanol–water partition coefficient (Wildman–Crippen LogP) is 7.18. The number of imidazole rings is 1. The Hall–Kier alpha value is -4.51. The number of halogens is 5. The maximum absolute atomic E-state index is 15.5. The SMILES string of the molecule is O=C(O)c1ccc2nc(Cc3cc(F)c(-c4ccnc(OCc5ccc(Cl)cc5F)n4)cc3F)n(CC3(CF)CC3)c2c1. The maximum Gasteiger partial charge on any atom is 0.335 e. The molecule has 0 saturated heterocycles. The van der Waals surface area contributed by atoms with Gasteiger partial charge < -0.3 is 14.4 Å². The molecule has 1 aliphatic carbocycles. The zero-order chi connectivity index (χ0) is 30.3. The van der Waals surface area contributed by atoms with Gasteiger partial charge in [0, 0.05) is 40.7 Å². The minimum Gasteiger partial charge on any atom is -0.478 e. The van der Waals surface area contributed by atoms with Crippen molar-refractivity contribution in [1.29, 1.82) is 0 Å². The van der Waals surface area contributed by atoms with E-state index in [1.807, 2.05) is 0 Å². The number of aromatic nitrogens is 4. The molecule has 1 fully saturated rings. The van der Waals surface area contributed by atoms with E-state index in [-0.39, 0.29) is 58.6 Å². The van der Waals surface area contributed by atoms with Crippen LogP contribution in [0.3, 0.4) is 0 Å². The highest BCUT2D eigenvalue weighted by atomic mass is 35.5. The zero-order valence-corrected chi connectivity index (χ0v) is 23.2. The second-order valence-corrected chi connectivity index (χ2v) is 11.0. The van der Waals surface area contributed by atoms with Crippen LogP contribution < -0.4 is 4.74 Å². The van der Waals surface area contributed by atoms with E-state index in [1.165, 1.54) is 36.5 Å². The van der Waals surface area contributed by atoms with Crippen LogP contribution in [0.25, 0.3) is 22.3 Å². The molecular formula is C31H23ClF4N4O3. The van der Waals surface area contributed by atoms with Gasteiger partial charge >= 0.3 is 12.0 Å². The van der Waals surface area contributed by atoms with E-state index < -0.39 is 35.5 Å². The minimum atomic E-state index is -1.12. The first kappa shape index (κ1) is 28.6. The number of nitrogens with zero attached hydrogens (tertiary/aromatic N) is 4. The molecule has 0 atom stereocenters. The van der Waals surface area contributed by atoms with Crippen molar-refractivity contribution in [1.82, 2.24) is 19.5 Å². The number of carbonyl (C=O) groups is 1. The normalized spacial score (nSPS) is 13.8. The Labute approximate surface area is 247 Å². The molecule has 1 N–H and O–H groups in total. The summed E-state index contributed by atoms with van der Waals surface area (Å²) in [4.78, 5) is 24.3. The Morgan fingerprint density at radius 1 is 0.977 bits per heavy atom. The highest BCUT2D eigenvalue weighted by molar-refractivity contribution is 6.30. The van der Waals surface area contributed by atoms with E-state index in [0.29, 0.717) is 29.7 Å². The van der Waals surface area contributed by atoms with Crippen LogP contribution in [0.2, 0.25) is 5.02 Å². The monoisotopic (exact) mass is 610 g/mol. The first-order valence-corrected chi connectivity index (χ1v) is 13.7. The molecule has 1 saturated carbocycles. The summed E-state index contributed by atoms with van der Waals surface area (Å²) in [7, 11) is 0. The molecule has 6 rings (SSSR count). The lowest BCUT2D eigenvalue weighted by Crippen LogP contribution is -2.16. The summed E-state index contributed by atoms with van der Waals surface area (Å²) < 4.78 is 65.9. The Kier molecular flexibility index (Phi) is 7.51. The lowest BCUT2D eigenvalue weighted by atomic mass is 10.0. The molecule has 220 valence electrons. The molecule has 43 heavy (non-hydrogen) atoms. The summed E-state index contributed by atoms with van der Waals surface area (Å²) in [6.45, 7) is -0.521. The number of hydrogen-bond acceptors (Lipinski definition) is 5. The van der Waals surface area contributed by atoms with Crippen molar-refractivity contribution in [2.75, 3.05) is 6.67 Å². The van der Waals surface area contributed by atoms with Crippen LogP contribution in [0.5, 0.6) is 6.01 Å². The molecule has 7 nitrogen and oxygen atoms in total. The fourth-order valence-electron chi connectivity index (χ4n) is 4.89. The van der Waals surface area contributed by atoms with Gasteiger partial charge in [-0.3, -0.25) is 4.39 Å². The molecule has 1 aliphatic rings. The van der Waals surface area contributed by atoms with Gasteiger partial charge in [0.2, 0.25) is 0 Å². The molecule has 3 aromatic carbocycles. The van der Waals surface area contributed by atoms with Crippen molar-refractivity contribution in [3.8, 4) is 17.3 Å². The van der Waals surface area contributed by atoms with Crippen molar-refractivity contribution in [3.05, 3.63) is 106 Å². The number of hydrogen-bond donors (Lipinski definition) is 1. The molecule has 0 radical (unpaired) electrons. The average molecular weight is 611 g/mol. The Balaban J connectivity index is 1.28. The summed E-state index contributed by atoms with van der Waals surface area (Å²) in [5.41, 5.74) is 0.546. The topological polar surface area (TPSA) is 90.1 Å². The quantitative estimate of drug-likeness (QED) is 0.169.